The number of anilines is 2. The number of aliphatic hydroxyl groups excluding tert-OH is 1. The summed E-state index contributed by atoms with van der Waals surface area (Å²) in [5.41, 5.74) is 10.2. The minimum Gasteiger partial charge on any atom is -0.399 e. The Bertz CT molecular complexity index is 1310. The van der Waals surface area contributed by atoms with Crippen molar-refractivity contribution in [2.75, 3.05) is 36.9 Å². The highest BCUT2D eigenvalue weighted by atomic mass is 16.7. The molecule has 3 aromatic rings. The molecule has 0 bridgehead atoms. The van der Waals surface area contributed by atoms with Gasteiger partial charge >= 0.3 is 0 Å². The lowest BCUT2D eigenvalue weighted by Gasteiger charge is -2.46. The largest absolute Gasteiger partial charge is 0.399 e. The molecule has 3 aliphatic heterocycles. The zero-order valence-corrected chi connectivity index (χ0v) is 22.9. The van der Waals surface area contributed by atoms with Gasteiger partial charge in [-0.3, -0.25) is 4.79 Å². The summed E-state index contributed by atoms with van der Waals surface area (Å²) in [6.45, 7) is 5.10. The van der Waals surface area contributed by atoms with Gasteiger partial charge in [-0.25, -0.2) is 0 Å². The fourth-order valence-electron chi connectivity index (χ4n) is 6.43. The maximum absolute atomic E-state index is 13.1. The van der Waals surface area contributed by atoms with Gasteiger partial charge in [-0.15, -0.1) is 0 Å². The van der Waals surface area contributed by atoms with Crippen LogP contribution in [-0.4, -0.2) is 53.9 Å². The number of hydrogen-bond donors (Lipinski definition) is 3. The van der Waals surface area contributed by atoms with Gasteiger partial charge in [0, 0.05) is 42.5 Å². The predicted molar refractivity (Wildman–Crippen MR) is 154 cm³/mol. The molecule has 0 radical (unpaired) electrons. The molecule has 4 N–H and O–H groups in total. The zero-order valence-electron chi connectivity index (χ0n) is 22.9. The van der Waals surface area contributed by atoms with Gasteiger partial charge < -0.3 is 35.4 Å². The maximum atomic E-state index is 13.1. The van der Waals surface area contributed by atoms with E-state index in [4.69, 9.17) is 15.2 Å². The number of nitrogen functional groups attached to an aromatic ring is 1. The van der Waals surface area contributed by atoms with Crippen molar-refractivity contribution in [2.24, 2.45) is 5.92 Å². The number of benzene rings is 3. The van der Waals surface area contributed by atoms with Crippen LogP contribution in [0.3, 0.4) is 0 Å². The minimum atomic E-state index is -0.544. The number of rotatable bonds is 6. The number of hydrogen-bond acceptors (Lipinski definition) is 7. The number of carbonyl (C=O) groups excluding carboxylic acids is 1. The molecule has 1 spiro atoms. The van der Waals surface area contributed by atoms with E-state index in [1.165, 1.54) is 0 Å². The van der Waals surface area contributed by atoms with Gasteiger partial charge in [-0.2, -0.15) is 0 Å². The third kappa shape index (κ3) is 5.08. The summed E-state index contributed by atoms with van der Waals surface area (Å²) in [4.78, 5) is 17.8. The lowest BCUT2D eigenvalue weighted by Crippen LogP contribution is -2.57. The Labute approximate surface area is 235 Å². The molecule has 0 aliphatic carbocycles. The molecule has 1 unspecified atom stereocenters. The molecular weight excluding hydrogens is 504 g/mol. The van der Waals surface area contributed by atoms with Crippen LogP contribution >= 0.6 is 0 Å². The second-order valence-electron chi connectivity index (χ2n) is 11.3. The maximum Gasteiger partial charge on any atom is 0.247 e. The molecule has 3 aliphatic rings. The number of carbonyl (C=O) groups is 1. The van der Waals surface area contributed by atoms with Gasteiger partial charge in [-0.1, -0.05) is 61.5 Å². The smallest absolute Gasteiger partial charge is 0.247 e. The van der Waals surface area contributed by atoms with Crippen molar-refractivity contribution in [1.82, 2.24) is 10.2 Å². The van der Waals surface area contributed by atoms with E-state index in [-0.39, 0.29) is 30.6 Å². The van der Waals surface area contributed by atoms with E-state index < -0.39 is 11.8 Å². The van der Waals surface area contributed by atoms with Crippen molar-refractivity contribution >= 4 is 17.3 Å². The average Bonchev–Trinajstić information content (AvgIpc) is 3.30. The highest BCUT2D eigenvalue weighted by Gasteiger charge is 2.51. The van der Waals surface area contributed by atoms with Crippen LogP contribution in [0, 0.1) is 5.92 Å². The monoisotopic (exact) mass is 542 g/mol. The molecule has 40 heavy (non-hydrogen) atoms. The lowest BCUT2D eigenvalue weighted by molar-refractivity contribution is -0.276. The number of nitrogens with one attached hydrogen (secondary N) is 1. The third-order valence-electron chi connectivity index (χ3n) is 8.83. The van der Waals surface area contributed by atoms with E-state index in [9.17, 15) is 9.90 Å². The first kappa shape index (κ1) is 26.8. The van der Waals surface area contributed by atoms with E-state index >= 15 is 0 Å². The summed E-state index contributed by atoms with van der Waals surface area (Å²) in [7, 11) is 0. The van der Waals surface area contributed by atoms with Crippen molar-refractivity contribution < 1.29 is 19.4 Å². The first-order chi connectivity index (χ1) is 19.5. The molecule has 4 atom stereocenters. The molecule has 8 nitrogen and oxygen atoms in total. The molecule has 210 valence electrons. The number of aliphatic hydroxyl groups is 1. The summed E-state index contributed by atoms with van der Waals surface area (Å²) in [5.74, 6) is 0.212. The third-order valence-corrected chi connectivity index (χ3v) is 8.83. The fraction of sp³-hybridized carbons (Fsp3) is 0.406. The average molecular weight is 543 g/mol. The van der Waals surface area contributed by atoms with Crippen LogP contribution in [0.1, 0.15) is 48.8 Å². The Hall–Kier alpha value is -3.43. The van der Waals surface area contributed by atoms with Crippen molar-refractivity contribution in [1.29, 1.82) is 0 Å². The summed E-state index contributed by atoms with van der Waals surface area (Å²) in [5, 5.41) is 12.6. The first-order valence-electron chi connectivity index (χ1n) is 14.2. The van der Waals surface area contributed by atoms with Gasteiger partial charge in [0.2, 0.25) is 5.91 Å². The Kier molecular flexibility index (Phi) is 7.51. The highest BCUT2D eigenvalue weighted by Crippen LogP contribution is 2.43. The van der Waals surface area contributed by atoms with Gasteiger partial charge in [0.25, 0.3) is 0 Å². The predicted octanol–water partition coefficient (Wildman–Crippen LogP) is 3.98. The number of likely N-dealkylation sites (tertiary alicyclic amines) is 1. The quantitative estimate of drug-likeness (QED) is 0.405. The second kappa shape index (κ2) is 11.2. The SMILES string of the molecule is C[C@H]1[C@@H](CN2CCC3(CC2)C(=O)NCN3c2ccccc2)OC(c2cccc(N)c2)O[C@H]1c1ccc(CO)cc1. The first-order valence-corrected chi connectivity index (χ1v) is 14.2. The Morgan fingerprint density at radius 1 is 0.975 bits per heavy atom. The normalized spacial score (nSPS) is 26.6. The Morgan fingerprint density at radius 2 is 1.73 bits per heavy atom. The summed E-state index contributed by atoms with van der Waals surface area (Å²) < 4.78 is 13.2. The van der Waals surface area contributed by atoms with Crippen LogP contribution < -0.4 is 16.0 Å². The molecule has 0 saturated carbocycles. The van der Waals surface area contributed by atoms with E-state index in [0.717, 1.165) is 54.9 Å². The molecule has 3 aromatic carbocycles. The van der Waals surface area contributed by atoms with Gasteiger partial charge in [0.05, 0.1) is 25.5 Å². The minimum absolute atomic E-state index is 0.00911. The van der Waals surface area contributed by atoms with E-state index in [1.807, 2.05) is 66.7 Å². The Balaban J connectivity index is 1.20. The van der Waals surface area contributed by atoms with Crippen LogP contribution in [0.4, 0.5) is 11.4 Å². The molecule has 0 aromatic heterocycles. The van der Waals surface area contributed by atoms with Crippen LogP contribution in [0.2, 0.25) is 0 Å². The summed E-state index contributed by atoms with van der Waals surface area (Å²) in [6, 6.07) is 25.8. The number of nitrogens with two attached hydrogens (primary N) is 1. The molecule has 8 heteroatoms. The van der Waals surface area contributed by atoms with Gasteiger partial charge in [0.15, 0.2) is 6.29 Å². The summed E-state index contributed by atoms with van der Waals surface area (Å²) >= 11 is 0. The van der Waals surface area contributed by atoms with E-state index in [1.54, 1.807) is 0 Å². The van der Waals surface area contributed by atoms with Crippen LogP contribution in [-0.2, 0) is 20.9 Å². The van der Waals surface area contributed by atoms with Crippen LogP contribution in [0.15, 0.2) is 78.9 Å². The molecule has 3 saturated heterocycles. The second-order valence-corrected chi connectivity index (χ2v) is 11.3. The lowest BCUT2D eigenvalue weighted by atomic mass is 9.84. The van der Waals surface area contributed by atoms with Crippen molar-refractivity contribution in [2.45, 2.75) is 50.4 Å². The highest BCUT2D eigenvalue weighted by molar-refractivity contribution is 5.93. The number of para-hydroxylation sites is 1. The zero-order chi connectivity index (χ0) is 27.7. The molecule has 1 amide bonds. The molecule has 3 fully saturated rings. The number of amides is 1. The summed E-state index contributed by atoms with van der Waals surface area (Å²) in [6.07, 6.45) is 0.714. The molecule has 6 rings (SSSR count). The number of ether oxygens (including phenoxy) is 2. The standard InChI is InChI=1S/C32H38N4O4/c1-22-28(19-35-16-14-32(15-17-35)31(38)34-21-36(32)27-8-3-2-4-9-27)39-30(25-6-5-7-26(33)18-25)40-29(22)24-12-10-23(20-37)11-13-24/h2-13,18,22,28-30,37H,14-17,19-21,33H2,1H3,(H,34,38)/t22-,28+,29+,30?/m0/s1. The van der Waals surface area contributed by atoms with Gasteiger partial charge in [0.1, 0.15) is 5.54 Å². The number of piperidine rings is 1. The number of nitrogens with zero attached hydrogens (tertiary/aromatic N) is 2. The van der Waals surface area contributed by atoms with Crippen LogP contribution in [0.25, 0.3) is 0 Å². The molecule has 3 heterocycles. The van der Waals surface area contributed by atoms with E-state index in [0.29, 0.717) is 12.4 Å². The van der Waals surface area contributed by atoms with E-state index in [2.05, 4.69) is 34.2 Å². The van der Waals surface area contributed by atoms with Crippen molar-refractivity contribution in [3.05, 3.63) is 95.6 Å². The van der Waals surface area contributed by atoms with Crippen molar-refractivity contribution in [3.63, 3.8) is 0 Å². The van der Waals surface area contributed by atoms with Gasteiger partial charge in [-0.05, 0) is 48.2 Å². The topological polar surface area (TPSA) is 100 Å². The van der Waals surface area contributed by atoms with Crippen molar-refractivity contribution in [3.8, 4) is 0 Å². The van der Waals surface area contributed by atoms with Crippen LogP contribution in [0.5, 0.6) is 0 Å². The molecular formula is C32H38N4O4. The Morgan fingerprint density at radius 3 is 2.42 bits per heavy atom. The fourth-order valence-corrected chi connectivity index (χ4v) is 6.43.